The molecule has 1 aromatic carbocycles. The molecule has 9 heteroatoms. The lowest BCUT2D eigenvalue weighted by Crippen LogP contribution is -2.08. The minimum atomic E-state index is -3.57. The van der Waals surface area contributed by atoms with Crippen molar-refractivity contribution in [3.05, 3.63) is 46.8 Å². The third-order valence-corrected chi connectivity index (χ3v) is 5.24. The first-order valence-electron chi connectivity index (χ1n) is 7.64. The van der Waals surface area contributed by atoms with Crippen molar-refractivity contribution >= 4 is 15.6 Å². The topological polar surface area (TPSA) is 115 Å². The molecule has 0 atom stereocenters. The maximum atomic E-state index is 12.8. The van der Waals surface area contributed by atoms with Gasteiger partial charge in [-0.3, -0.25) is 4.79 Å². The largest absolute Gasteiger partial charge is 0.493 e. The van der Waals surface area contributed by atoms with Gasteiger partial charge in [-0.1, -0.05) is 5.16 Å². The van der Waals surface area contributed by atoms with Crippen LogP contribution in [0.3, 0.4) is 0 Å². The number of ketones is 1. The minimum absolute atomic E-state index is 0.0300. The molecule has 0 saturated carbocycles. The van der Waals surface area contributed by atoms with Crippen LogP contribution in [0.1, 0.15) is 27.2 Å². The predicted octanol–water partition coefficient (Wildman–Crippen LogP) is 2.03. The Bertz CT molecular complexity index is 1130. The number of aromatic nitrogens is 3. The Morgan fingerprint density at radius 1 is 1.23 bits per heavy atom. The van der Waals surface area contributed by atoms with Crippen molar-refractivity contribution in [2.75, 3.05) is 6.26 Å². The summed E-state index contributed by atoms with van der Waals surface area (Å²) in [6.45, 7) is 3.34. The Morgan fingerprint density at radius 2 is 1.92 bits per heavy atom. The average Bonchev–Trinajstić information content (AvgIpc) is 3.12. The summed E-state index contributed by atoms with van der Waals surface area (Å²) in [6.07, 6.45) is 2.35. The quantitative estimate of drug-likeness (QED) is 0.694. The molecular formula is C17H17N3O5S. The molecule has 0 aliphatic carbocycles. The number of aryl methyl sites for hydroxylation is 2. The van der Waals surface area contributed by atoms with E-state index in [1.54, 1.807) is 19.9 Å². The van der Waals surface area contributed by atoms with Gasteiger partial charge in [0.1, 0.15) is 5.56 Å². The van der Waals surface area contributed by atoms with Crippen molar-refractivity contribution in [3.8, 4) is 17.2 Å². The van der Waals surface area contributed by atoms with Crippen LogP contribution in [0.25, 0.3) is 11.3 Å². The fraction of sp³-hybridized carbons (Fsp3) is 0.235. The third-order valence-electron chi connectivity index (χ3n) is 4.10. The molecule has 3 rings (SSSR count). The number of hydrogen-bond acceptors (Lipinski definition) is 7. The van der Waals surface area contributed by atoms with E-state index in [-0.39, 0.29) is 33.2 Å². The second-order valence-electron chi connectivity index (χ2n) is 6.05. The van der Waals surface area contributed by atoms with E-state index in [0.717, 1.165) is 6.26 Å². The maximum absolute atomic E-state index is 12.8. The van der Waals surface area contributed by atoms with Crippen LogP contribution in [0, 0.1) is 13.8 Å². The zero-order valence-corrected chi connectivity index (χ0v) is 15.5. The summed E-state index contributed by atoms with van der Waals surface area (Å²) in [6, 6.07) is 4.39. The summed E-state index contributed by atoms with van der Waals surface area (Å²) >= 11 is 0. The molecule has 0 amide bonds. The molecule has 0 aliphatic heterocycles. The van der Waals surface area contributed by atoms with Crippen LogP contribution >= 0.6 is 0 Å². The molecule has 0 bridgehead atoms. The molecule has 2 aromatic heterocycles. The second-order valence-corrected chi connectivity index (χ2v) is 8.03. The van der Waals surface area contributed by atoms with E-state index in [9.17, 15) is 18.3 Å². The molecular weight excluding hydrogens is 358 g/mol. The first kappa shape index (κ1) is 17.9. The summed E-state index contributed by atoms with van der Waals surface area (Å²) in [5.41, 5.74) is 1.55. The lowest BCUT2D eigenvalue weighted by Gasteiger charge is -2.12. The second kappa shape index (κ2) is 6.10. The van der Waals surface area contributed by atoms with Gasteiger partial charge < -0.3 is 9.63 Å². The van der Waals surface area contributed by atoms with Crippen LogP contribution in [-0.4, -0.2) is 40.5 Å². The smallest absolute Gasteiger partial charge is 0.220 e. The molecule has 0 fully saturated rings. The van der Waals surface area contributed by atoms with Crippen LogP contribution < -0.4 is 0 Å². The highest BCUT2D eigenvalue weighted by Gasteiger charge is 2.26. The van der Waals surface area contributed by atoms with Gasteiger partial charge in [0, 0.05) is 30.5 Å². The van der Waals surface area contributed by atoms with Gasteiger partial charge in [0.2, 0.25) is 5.88 Å². The van der Waals surface area contributed by atoms with Gasteiger partial charge in [0.15, 0.2) is 21.4 Å². The van der Waals surface area contributed by atoms with Crippen LogP contribution in [0.4, 0.5) is 0 Å². The summed E-state index contributed by atoms with van der Waals surface area (Å²) in [7, 11) is -2.06. The number of sulfone groups is 1. The Kier molecular flexibility index (Phi) is 4.19. The Morgan fingerprint density at radius 3 is 2.42 bits per heavy atom. The molecule has 1 N–H and O–H groups in total. The van der Waals surface area contributed by atoms with Gasteiger partial charge in [0.25, 0.3) is 0 Å². The number of aromatic hydroxyl groups is 1. The Balaban J connectivity index is 2.27. The van der Waals surface area contributed by atoms with Gasteiger partial charge in [-0.25, -0.2) is 13.1 Å². The van der Waals surface area contributed by atoms with E-state index in [1.165, 1.54) is 30.1 Å². The standard InChI is InChI=1S/C17H17N3O5S/c1-9-7-13(25-19-9)15-10(2)11(5-6-14(15)26(4,23)24)16(21)12-8-18-20(3)17(12)22/h5-8,22H,1-4H3. The lowest BCUT2D eigenvalue weighted by atomic mass is 9.95. The SMILES string of the molecule is Cc1cc(-c2c(S(C)(=O)=O)ccc(C(=O)c3cnn(C)c3O)c2C)on1. The number of carbonyl (C=O) groups is 1. The van der Waals surface area contributed by atoms with E-state index >= 15 is 0 Å². The summed E-state index contributed by atoms with van der Waals surface area (Å²) in [5.74, 6) is -0.477. The molecule has 0 aliphatic rings. The number of carbonyl (C=O) groups excluding carboxylic acids is 1. The van der Waals surface area contributed by atoms with Gasteiger partial charge in [0.05, 0.1) is 16.8 Å². The molecule has 0 radical (unpaired) electrons. The van der Waals surface area contributed by atoms with Crippen molar-refractivity contribution < 1.29 is 22.8 Å². The molecule has 0 spiro atoms. The number of benzene rings is 1. The molecule has 0 saturated heterocycles. The predicted molar refractivity (Wildman–Crippen MR) is 92.8 cm³/mol. The Hall–Kier alpha value is -2.94. The summed E-state index contributed by atoms with van der Waals surface area (Å²) in [5, 5.41) is 17.6. The van der Waals surface area contributed by atoms with Crippen LogP contribution in [0.15, 0.2) is 33.8 Å². The molecule has 3 aromatic rings. The van der Waals surface area contributed by atoms with E-state index < -0.39 is 15.6 Å². The fourth-order valence-corrected chi connectivity index (χ4v) is 3.71. The zero-order valence-electron chi connectivity index (χ0n) is 14.6. The molecule has 26 heavy (non-hydrogen) atoms. The zero-order chi connectivity index (χ0) is 19.2. The van der Waals surface area contributed by atoms with Crippen LogP contribution in [-0.2, 0) is 16.9 Å². The van der Waals surface area contributed by atoms with Crippen molar-refractivity contribution in [3.63, 3.8) is 0 Å². The van der Waals surface area contributed by atoms with Crippen molar-refractivity contribution in [2.24, 2.45) is 7.05 Å². The summed E-state index contributed by atoms with van der Waals surface area (Å²) in [4.78, 5) is 12.9. The minimum Gasteiger partial charge on any atom is -0.493 e. The number of hydrogen-bond donors (Lipinski definition) is 1. The average molecular weight is 375 g/mol. The number of nitrogens with zero attached hydrogens (tertiary/aromatic N) is 3. The maximum Gasteiger partial charge on any atom is 0.220 e. The van der Waals surface area contributed by atoms with Gasteiger partial charge in [-0.2, -0.15) is 5.10 Å². The third kappa shape index (κ3) is 2.90. The van der Waals surface area contributed by atoms with Gasteiger partial charge in [-0.15, -0.1) is 0 Å². The Labute approximate surface area is 150 Å². The summed E-state index contributed by atoms with van der Waals surface area (Å²) < 4.78 is 30.8. The van der Waals surface area contributed by atoms with E-state index in [2.05, 4.69) is 10.3 Å². The highest BCUT2D eigenvalue weighted by molar-refractivity contribution is 7.90. The van der Waals surface area contributed by atoms with Crippen molar-refractivity contribution in [1.82, 2.24) is 14.9 Å². The first-order chi connectivity index (χ1) is 12.1. The van der Waals surface area contributed by atoms with E-state index in [4.69, 9.17) is 4.52 Å². The lowest BCUT2D eigenvalue weighted by molar-refractivity contribution is 0.103. The van der Waals surface area contributed by atoms with Crippen molar-refractivity contribution in [2.45, 2.75) is 18.7 Å². The monoisotopic (exact) mass is 375 g/mol. The van der Waals surface area contributed by atoms with Crippen molar-refractivity contribution in [1.29, 1.82) is 0 Å². The van der Waals surface area contributed by atoms with E-state index in [1.807, 2.05) is 0 Å². The fourth-order valence-electron chi connectivity index (χ4n) is 2.77. The highest BCUT2D eigenvalue weighted by atomic mass is 32.2. The van der Waals surface area contributed by atoms with E-state index in [0.29, 0.717) is 11.3 Å². The van der Waals surface area contributed by atoms with Crippen LogP contribution in [0.5, 0.6) is 5.88 Å². The molecule has 8 nitrogen and oxygen atoms in total. The number of rotatable bonds is 4. The normalized spacial score (nSPS) is 11.7. The van der Waals surface area contributed by atoms with Crippen LogP contribution in [0.2, 0.25) is 0 Å². The molecule has 2 heterocycles. The van der Waals surface area contributed by atoms with Gasteiger partial charge >= 0.3 is 0 Å². The highest BCUT2D eigenvalue weighted by Crippen LogP contribution is 2.34. The molecule has 0 unspecified atom stereocenters. The van der Waals surface area contributed by atoms with Gasteiger partial charge in [-0.05, 0) is 31.5 Å². The first-order valence-corrected chi connectivity index (χ1v) is 9.53. The molecule has 136 valence electrons.